The summed E-state index contributed by atoms with van der Waals surface area (Å²) in [7, 11) is 0. The second-order valence-corrected chi connectivity index (χ2v) is 6.27. The Morgan fingerprint density at radius 1 is 1.00 bits per heavy atom. The van der Waals surface area contributed by atoms with Gasteiger partial charge in [0.2, 0.25) is 0 Å². The fourth-order valence-corrected chi connectivity index (χ4v) is 2.47. The van der Waals surface area contributed by atoms with E-state index >= 15 is 0 Å². The molecule has 2 N–H and O–H groups in total. The molecule has 144 valence electrons. The summed E-state index contributed by atoms with van der Waals surface area (Å²) in [5, 5.41) is 5.35. The lowest BCUT2D eigenvalue weighted by atomic mass is 10.2. The first-order chi connectivity index (χ1) is 13.4. The molecular formula is C21H19F2N3O2. The summed E-state index contributed by atoms with van der Waals surface area (Å²) in [5.74, 6) is -1.07. The zero-order chi connectivity index (χ0) is 20.1. The van der Waals surface area contributed by atoms with Crippen molar-refractivity contribution in [2.45, 2.75) is 20.0 Å². The van der Waals surface area contributed by atoms with Crippen LogP contribution in [0.25, 0.3) is 0 Å². The Morgan fingerprint density at radius 2 is 1.71 bits per heavy atom. The number of aromatic nitrogens is 1. The van der Waals surface area contributed by atoms with Gasteiger partial charge in [0.1, 0.15) is 28.9 Å². The van der Waals surface area contributed by atoms with Crippen LogP contribution < -0.4 is 15.4 Å². The number of halogens is 2. The third kappa shape index (κ3) is 4.62. The summed E-state index contributed by atoms with van der Waals surface area (Å²) in [4.78, 5) is 16.5. The number of anilines is 3. The van der Waals surface area contributed by atoms with E-state index in [0.29, 0.717) is 17.0 Å². The highest BCUT2D eigenvalue weighted by atomic mass is 19.1. The summed E-state index contributed by atoms with van der Waals surface area (Å²) in [5.41, 5.74) is 0.530. The van der Waals surface area contributed by atoms with E-state index < -0.39 is 11.6 Å². The first-order valence-corrected chi connectivity index (χ1v) is 8.68. The average molecular weight is 383 g/mol. The molecule has 7 heteroatoms. The van der Waals surface area contributed by atoms with E-state index in [4.69, 9.17) is 4.74 Å². The number of rotatable bonds is 6. The number of pyridine rings is 1. The Labute approximate surface area is 161 Å². The third-order valence-electron chi connectivity index (χ3n) is 3.74. The van der Waals surface area contributed by atoms with E-state index in [1.807, 2.05) is 19.9 Å². The summed E-state index contributed by atoms with van der Waals surface area (Å²) >= 11 is 0. The fraction of sp³-hybridized carbons (Fsp3) is 0.143. The van der Waals surface area contributed by atoms with Crippen molar-refractivity contribution in [3.05, 3.63) is 78.0 Å². The SMILES string of the molecule is CC(C)Oc1ccccc1NC(=O)c1ccc(Nc2c(F)cccc2F)nc1. The molecule has 0 unspecified atom stereocenters. The van der Waals surface area contributed by atoms with Crippen LogP contribution in [0.1, 0.15) is 24.2 Å². The quantitative estimate of drug-likeness (QED) is 0.618. The summed E-state index contributed by atoms with van der Waals surface area (Å²) in [6.45, 7) is 3.79. The molecule has 28 heavy (non-hydrogen) atoms. The van der Waals surface area contributed by atoms with Crippen LogP contribution in [0.4, 0.5) is 26.0 Å². The molecule has 0 saturated carbocycles. The van der Waals surface area contributed by atoms with Crippen LogP contribution in [-0.2, 0) is 0 Å². The Morgan fingerprint density at radius 3 is 2.36 bits per heavy atom. The minimum absolute atomic E-state index is 0.0381. The smallest absolute Gasteiger partial charge is 0.257 e. The zero-order valence-electron chi connectivity index (χ0n) is 15.4. The van der Waals surface area contributed by atoms with Gasteiger partial charge in [0.25, 0.3) is 5.91 Å². The predicted octanol–water partition coefficient (Wildman–Crippen LogP) is 5.14. The van der Waals surface area contributed by atoms with Crippen molar-refractivity contribution in [3.8, 4) is 5.75 Å². The van der Waals surface area contributed by atoms with Gasteiger partial charge in [-0.1, -0.05) is 18.2 Å². The standard InChI is InChI=1S/C21H19F2N3O2/c1-13(2)28-18-9-4-3-8-17(18)25-21(27)14-10-11-19(24-12-14)26-20-15(22)6-5-7-16(20)23/h3-13H,1-2H3,(H,24,26)(H,25,27). The largest absolute Gasteiger partial charge is 0.489 e. The molecule has 0 aliphatic carbocycles. The molecule has 0 fully saturated rings. The van der Waals surface area contributed by atoms with Gasteiger partial charge in [-0.3, -0.25) is 4.79 Å². The molecule has 5 nitrogen and oxygen atoms in total. The number of ether oxygens (including phenoxy) is 1. The Kier molecular flexibility index (Phi) is 5.84. The number of para-hydroxylation sites is 3. The maximum Gasteiger partial charge on any atom is 0.257 e. The molecule has 0 atom stereocenters. The van der Waals surface area contributed by atoms with Crippen LogP contribution in [0.15, 0.2) is 60.8 Å². The van der Waals surface area contributed by atoms with Crippen molar-refractivity contribution in [1.29, 1.82) is 0 Å². The van der Waals surface area contributed by atoms with E-state index in [1.165, 1.54) is 24.4 Å². The van der Waals surface area contributed by atoms with Gasteiger partial charge in [0.05, 0.1) is 17.4 Å². The number of nitrogens with zero attached hydrogens (tertiary/aromatic N) is 1. The van der Waals surface area contributed by atoms with Crippen molar-refractivity contribution in [3.63, 3.8) is 0 Å². The Hall–Kier alpha value is -3.48. The first-order valence-electron chi connectivity index (χ1n) is 8.68. The van der Waals surface area contributed by atoms with E-state index in [1.54, 1.807) is 18.2 Å². The third-order valence-corrected chi connectivity index (χ3v) is 3.74. The van der Waals surface area contributed by atoms with E-state index in [2.05, 4.69) is 15.6 Å². The monoisotopic (exact) mass is 383 g/mol. The van der Waals surface area contributed by atoms with Gasteiger partial charge in [-0.2, -0.15) is 0 Å². The van der Waals surface area contributed by atoms with Crippen LogP contribution in [0.3, 0.4) is 0 Å². The average Bonchev–Trinajstić information content (AvgIpc) is 2.66. The number of carbonyl (C=O) groups is 1. The fourth-order valence-electron chi connectivity index (χ4n) is 2.47. The van der Waals surface area contributed by atoms with Crippen LogP contribution in [0, 0.1) is 11.6 Å². The lowest BCUT2D eigenvalue weighted by Gasteiger charge is -2.15. The van der Waals surface area contributed by atoms with E-state index in [0.717, 1.165) is 12.1 Å². The van der Waals surface area contributed by atoms with Crippen LogP contribution in [0.2, 0.25) is 0 Å². The molecule has 3 aromatic rings. The lowest BCUT2D eigenvalue weighted by molar-refractivity contribution is 0.102. The molecule has 3 rings (SSSR count). The predicted molar refractivity (Wildman–Crippen MR) is 104 cm³/mol. The highest BCUT2D eigenvalue weighted by Crippen LogP contribution is 2.26. The van der Waals surface area contributed by atoms with Crippen molar-refractivity contribution >= 4 is 23.1 Å². The minimum atomic E-state index is -0.731. The molecule has 0 aliphatic heterocycles. The van der Waals surface area contributed by atoms with Crippen molar-refractivity contribution in [1.82, 2.24) is 4.98 Å². The Bertz CT molecular complexity index is 955. The van der Waals surface area contributed by atoms with Gasteiger partial charge in [-0.15, -0.1) is 0 Å². The van der Waals surface area contributed by atoms with Gasteiger partial charge in [-0.25, -0.2) is 13.8 Å². The van der Waals surface area contributed by atoms with Gasteiger partial charge in [-0.05, 0) is 50.2 Å². The molecule has 0 spiro atoms. The molecule has 1 aromatic heterocycles. The summed E-state index contributed by atoms with van der Waals surface area (Å²) in [6, 6.07) is 13.6. The van der Waals surface area contributed by atoms with Crippen molar-refractivity contribution in [2.24, 2.45) is 0 Å². The second-order valence-electron chi connectivity index (χ2n) is 6.27. The van der Waals surface area contributed by atoms with Crippen LogP contribution in [0.5, 0.6) is 5.75 Å². The Balaban J connectivity index is 1.73. The topological polar surface area (TPSA) is 63.2 Å². The number of nitrogens with one attached hydrogen (secondary N) is 2. The van der Waals surface area contributed by atoms with Crippen molar-refractivity contribution < 1.29 is 18.3 Å². The van der Waals surface area contributed by atoms with Gasteiger partial charge in [0, 0.05) is 6.20 Å². The molecule has 0 aliphatic rings. The maximum atomic E-state index is 13.7. The van der Waals surface area contributed by atoms with E-state index in [-0.39, 0.29) is 23.5 Å². The van der Waals surface area contributed by atoms with Gasteiger partial charge < -0.3 is 15.4 Å². The van der Waals surface area contributed by atoms with Crippen LogP contribution in [-0.4, -0.2) is 17.0 Å². The second kappa shape index (κ2) is 8.47. The van der Waals surface area contributed by atoms with Gasteiger partial charge >= 0.3 is 0 Å². The zero-order valence-corrected chi connectivity index (χ0v) is 15.4. The highest BCUT2D eigenvalue weighted by Gasteiger charge is 2.13. The maximum absolute atomic E-state index is 13.7. The van der Waals surface area contributed by atoms with Gasteiger partial charge in [0.15, 0.2) is 0 Å². The molecule has 0 radical (unpaired) electrons. The number of hydrogen-bond donors (Lipinski definition) is 2. The number of amides is 1. The van der Waals surface area contributed by atoms with Crippen LogP contribution >= 0.6 is 0 Å². The molecule has 0 saturated heterocycles. The van der Waals surface area contributed by atoms with E-state index in [9.17, 15) is 13.6 Å². The number of benzene rings is 2. The molecule has 1 heterocycles. The highest BCUT2D eigenvalue weighted by molar-refractivity contribution is 6.04. The molecular weight excluding hydrogens is 364 g/mol. The molecule has 1 amide bonds. The summed E-state index contributed by atoms with van der Waals surface area (Å²) < 4.78 is 33.1. The first kappa shape index (κ1) is 19.3. The minimum Gasteiger partial charge on any atom is -0.489 e. The van der Waals surface area contributed by atoms with Crippen molar-refractivity contribution in [2.75, 3.05) is 10.6 Å². The number of carbonyl (C=O) groups excluding carboxylic acids is 1. The molecule has 2 aromatic carbocycles. The lowest BCUT2D eigenvalue weighted by Crippen LogP contribution is -2.14. The molecule has 0 bridgehead atoms. The number of hydrogen-bond acceptors (Lipinski definition) is 4. The summed E-state index contributed by atoms with van der Waals surface area (Å²) in [6.07, 6.45) is 1.28. The normalized spacial score (nSPS) is 10.6.